The van der Waals surface area contributed by atoms with E-state index in [0.29, 0.717) is 0 Å². The van der Waals surface area contributed by atoms with Gasteiger partial charge in [-0.25, -0.2) is 0 Å². The molecule has 100 valence electrons. The minimum absolute atomic E-state index is 0.266. The lowest BCUT2D eigenvalue weighted by atomic mass is 9.95. The van der Waals surface area contributed by atoms with E-state index in [1.54, 1.807) is 0 Å². The van der Waals surface area contributed by atoms with Crippen molar-refractivity contribution in [3.8, 4) is 11.1 Å². The van der Waals surface area contributed by atoms with Crippen LogP contribution < -0.4 is 5.32 Å². The maximum atomic E-state index is 3.46. The number of allylic oxidation sites excluding steroid dienone is 2. The zero-order valence-corrected chi connectivity index (χ0v) is 11.9. The molecule has 1 nitrogen and oxygen atoms in total. The Hall–Kier alpha value is -2.28. The summed E-state index contributed by atoms with van der Waals surface area (Å²) >= 11 is 0. The molecular formula is C19H19N. The van der Waals surface area contributed by atoms with Gasteiger partial charge in [0.2, 0.25) is 0 Å². The van der Waals surface area contributed by atoms with Gasteiger partial charge < -0.3 is 5.32 Å². The van der Waals surface area contributed by atoms with E-state index in [9.17, 15) is 0 Å². The van der Waals surface area contributed by atoms with Crippen LogP contribution in [0.15, 0.2) is 78.0 Å². The topological polar surface area (TPSA) is 12.0 Å². The SMILES string of the molecule is CC1=CNC(c2cccc(-c3ccccc3)c2)C=C1C. The lowest BCUT2D eigenvalue weighted by Gasteiger charge is -2.21. The second-order valence-corrected chi connectivity index (χ2v) is 5.31. The Morgan fingerprint density at radius 3 is 2.30 bits per heavy atom. The summed E-state index contributed by atoms with van der Waals surface area (Å²) in [6.07, 6.45) is 4.40. The first-order valence-electron chi connectivity index (χ1n) is 7.01. The molecule has 0 aromatic heterocycles. The summed E-state index contributed by atoms with van der Waals surface area (Å²) in [5.74, 6) is 0. The Balaban J connectivity index is 1.93. The zero-order chi connectivity index (χ0) is 13.9. The molecule has 0 fully saturated rings. The average Bonchev–Trinajstić information content (AvgIpc) is 2.51. The molecule has 1 aliphatic rings. The van der Waals surface area contributed by atoms with Gasteiger partial charge in [-0.3, -0.25) is 0 Å². The van der Waals surface area contributed by atoms with Crippen molar-refractivity contribution in [2.75, 3.05) is 0 Å². The summed E-state index contributed by atoms with van der Waals surface area (Å²) in [5.41, 5.74) is 6.48. The monoisotopic (exact) mass is 261 g/mol. The van der Waals surface area contributed by atoms with E-state index >= 15 is 0 Å². The van der Waals surface area contributed by atoms with Crippen molar-refractivity contribution in [3.05, 3.63) is 83.6 Å². The number of hydrogen-bond acceptors (Lipinski definition) is 1. The van der Waals surface area contributed by atoms with Crippen molar-refractivity contribution in [1.29, 1.82) is 0 Å². The van der Waals surface area contributed by atoms with Crippen LogP contribution >= 0.6 is 0 Å². The largest absolute Gasteiger partial charge is 0.380 e. The molecule has 0 bridgehead atoms. The first-order valence-corrected chi connectivity index (χ1v) is 7.01. The fraction of sp³-hybridized carbons (Fsp3) is 0.158. The maximum absolute atomic E-state index is 3.46. The van der Waals surface area contributed by atoms with Gasteiger partial charge in [0, 0.05) is 6.20 Å². The average molecular weight is 261 g/mol. The second-order valence-electron chi connectivity index (χ2n) is 5.31. The maximum Gasteiger partial charge on any atom is 0.0698 e. The van der Waals surface area contributed by atoms with Gasteiger partial charge >= 0.3 is 0 Å². The van der Waals surface area contributed by atoms with Crippen molar-refractivity contribution in [3.63, 3.8) is 0 Å². The molecule has 20 heavy (non-hydrogen) atoms. The Bertz CT molecular complexity index is 665. The molecule has 1 atom stereocenters. The number of benzene rings is 2. The summed E-state index contributed by atoms with van der Waals surface area (Å²) in [7, 11) is 0. The van der Waals surface area contributed by atoms with Crippen LogP contribution in [-0.4, -0.2) is 0 Å². The quantitative estimate of drug-likeness (QED) is 0.815. The van der Waals surface area contributed by atoms with Gasteiger partial charge in [0.05, 0.1) is 6.04 Å². The second kappa shape index (κ2) is 5.38. The molecule has 0 aliphatic carbocycles. The molecule has 1 unspecified atom stereocenters. The molecule has 0 amide bonds. The van der Waals surface area contributed by atoms with Crippen molar-refractivity contribution in [2.45, 2.75) is 19.9 Å². The number of nitrogens with one attached hydrogen (secondary N) is 1. The third-order valence-corrected chi connectivity index (χ3v) is 3.87. The van der Waals surface area contributed by atoms with Crippen LogP contribution in [0.1, 0.15) is 25.5 Å². The Labute approximate surface area is 120 Å². The summed E-state index contributed by atoms with van der Waals surface area (Å²) in [6, 6.07) is 19.5. The molecule has 1 aliphatic heterocycles. The van der Waals surface area contributed by atoms with Crippen molar-refractivity contribution >= 4 is 0 Å². The Kier molecular flexibility index (Phi) is 3.42. The van der Waals surface area contributed by atoms with Crippen LogP contribution in [0.5, 0.6) is 0 Å². The van der Waals surface area contributed by atoms with Crippen LogP contribution in [0.2, 0.25) is 0 Å². The van der Waals surface area contributed by atoms with E-state index in [4.69, 9.17) is 0 Å². The summed E-state index contributed by atoms with van der Waals surface area (Å²) < 4.78 is 0. The van der Waals surface area contributed by atoms with Crippen LogP contribution in [-0.2, 0) is 0 Å². The highest BCUT2D eigenvalue weighted by atomic mass is 14.9. The van der Waals surface area contributed by atoms with Crippen LogP contribution in [0.4, 0.5) is 0 Å². The van der Waals surface area contributed by atoms with Crippen LogP contribution in [0, 0.1) is 0 Å². The van der Waals surface area contributed by atoms with Crippen LogP contribution in [0.3, 0.4) is 0 Å². The normalized spacial score (nSPS) is 18.0. The van der Waals surface area contributed by atoms with Crippen molar-refractivity contribution < 1.29 is 0 Å². The van der Waals surface area contributed by atoms with E-state index in [1.165, 1.54) is 27.8 Å². The smallest absolute Gasteiger partial charge is 0.0698 e. The molecule has 1 N–H and O–H groups in total. The van der Waals surface area contributed by atoms with Gasteiger partial charge in [-0.1, -0.05) is 54.6 Å². The first kappa shape index (κ1) is 12.7. The number of rotatable bonds is 2. The minimum Gasteiger partial charge on any atom is -0.380 e. The third kappa shape index (κ3) is 2.53. The number of hydrogen-bond donors (Lipinski definition) is 1. The van der Waals surface area contributed by atoms with E-state index < -0.39 is 0 Å². The van der Waals surface area contributed by atoms with Gasteiger partial charge in [0.1, 0.15) is 0 Å². The molecule has 0 spiro atoms. The predicted molar refractivity (Wildman–Crippen MR) is 85.3 cm³/mol. The molecule has 3 rings (SSSR count). The number of dihydropyridines is 1. The van der Waals surface area contributed by atoms with Gasteiger partial charge in [-0.05, 0) is 47.8 Å². The zero-order valence-electron chi connectivity index (χ0n) is 11.9. The standard InChI is InChI=1S/C19H19N/c1-14-11-19(20-13-15(14)2)18-10-6-9-17(12-18)16-7-4-3-5-8-16/h3-13,19-20H,1-2H3. The fourth-order valence-electron chi connectivity index (χ4n) is 2.49. The fourth-order valence-corrected chi connectivity index (χ4v) is 2.49. The van der Waals surface area contributed by atoms with Crippen molar-refractivity contribution in [2.24, 2.45) is 0 Å². The lowest BCUT2D eigenvalue weighted by Crippen LogP contribution is -2.17. The van der Waals surface area contributed by atoms with Gasteiger partial charge in [0.15, 0.2) is 0 Å². The molecular weight excluding hydrogens is 242 g/mol. The third-order valence-electron chi connectivity index (χ3n) is 3.87. The van der Waals surface area contributed by atoms with E-state index in [0.717, 1.165) is 0 Å². The van der Waals surface area contributed by atoms with Gasteiger partial charge in [0.25, 0.3) is 0 Å². The lowest BCUT2D eigenvalue weighted by molar-refractivity contribution is 0.730. The minimum atomic E-state index is 0.266. The molecule has 0 saturated carbocycles. The van der Waals surface area contributed by atoms with Gasteiger partial charge in [-0.2, -0.15) is 0 Å². The van der Waals surface area contributed by atoms with Crippen molar-refractivity contribution in [1.82, 2.24) is 5.32 Å². The first-order chi connectivity index (χ1) is 9.74. The van der Waals surface area contributed by atoms with E-state index in [1.807, 2.05) is 0 Å². The highest BCUT2D eigenvalue weighted by Gasteiger charge is 2.12. The highest BCUT2D eigenvalue weighted by molar-refractivity contribution is 5.64. The molecule has 2 aromatic rings. The molecule has 1 heteroatoms. The molecule has 0 radical (unpaired) electrons. The highest BCUT2D eigenvalue weighted by Crippen LogP contribution is 2.27. The van der Waals surface area contributed by atoms with E-state index in [2.05, 4.69) is 86.0 Å². The Morgan fingerprint density at radius 1 is 0.800 bits per heavy atom. The summed E-state index contributed by atoms with van der Waals surface area (Å²) in [4.78, 5) is 0. The predicted octanol–water partition coefficient (Wildman–Crippen LogP) is 4.85. The molecule has 2 aromatic carbocycles. The summed E-state index contributed by atoms with van der Waals surface area (Å²) in [6.45, 7) is 4.30. The molecule has 1 heterocycles. The van der Waals surface area contributed by atoms with E-state index in [-0.39, 0.29) is 6.04 Å². The Morgan fingerprint density at radius 2 is 1.55 bits per heavy atom. The molecule has 0 saturated heterocycles. The van der Waals surface area contributed by atoms with Crippen LogP contribution in [0.25, 0.3) is 11.1 Å². The van der Waals surface area contributed by atoms with Gasteiger partial charge in [-0.15, -0.1) is 0 Å². The summed E-state index contributed by atoms with van der Waals surface area (Å²) in [5, 5.41) is 3.46.